The normalized spacial score (nSPS) is 28.8. The Morgan fingerprint density at radius 1 is 1.25 bits per heavy atom. The number of hydrogen-bond acceptors (Lipinski definition) is 5. The van der Waals surface area contributed by atoms with Crippen LogP contribution >= 0.6 is 0 Å². The molecule has 0 amide bonds. The van der Waals surface area contributed by atoms with E-state index in [2.05, 4.69) is 6.92 Å². The third-order valence-corrected chi connectivity index (χ3v) is 4.90. The van der Waals surface area contributed by atoms with Gasteiger partial charge in [0.25, 0.3) is 0 Å². The quantitative estimate of drug-likeness (QED) is 0.367. The number of ether oxygens (including phenoxy) is 2. The lowest BCUT2D eigenvalue weighted by atomic mass is 9.91. The third-order valence-electron chi connectivity index (χ3n) is 4.90. The summed E-state index contributed by atoms with van der Waals surface area (Å²) in [5.74, 6) is -0.550. The first-order valence-corrected chi connectivity index (χ1v) is 9.09. The number of rotatable bonds is 9. The van der Waals surface area contributed by atoms with Crippen LogP contribution in [0.4, 0.5) is 0 Å². The molecule has 134 valence electrons. The topological polar surface area (TPSA) is 69.7 Å². The zero-order valence-electron chi connectivity index (χ0n) is 14.7. The second-order valence-corrected chi connectivity index (χ2v) is 6.85. The van der Waals surface area contributed by atoms with Crippen LogP contribution in [0.3, 0.4) is 0 Å². The van der Waals surface area contributed by atoms with Gasteiger partial charge < -0.3 is 9.47 Å². The highest BCUT2D eigenvalue weighted by atomic mass is 16.6. The van der Waals surface area contributed by atoms with Gasteiger partial charge in [-0.25, -0.2) is 0 Å². The Kier molecular flexibility index (Phi) is 7.00. The summed E-state index contributed by atoms with van der Waals surface area (Å²) in [6, 6.07) is 0. The Labute approximate surface area is 143 Å². The predicted molar refractivity (Wildman–Crippen MR) is 89.2 cm³/mol. The Hall–Kier alpha value is -1.65. The van der Waals surface area contributed by atoms with Crippen LogP contribution in [0, 0.1) is 11.8 Å². The zero-order valence-corrected chi connectivity index (χ0v) is 14.7. The van der Waals surface area contributed by atoms with E-state index in [4.69, 9.17) is 9.47 Å². The number of ketones is 1. The number of allylic oxidation sites excluding steroid dienone is 1. The molecule has 0 N–H and O–H groups in total. The lowest BCUT2D eigenvalue weighted by Crippen LogP contribution is -2.23. The van der Waals surface area contributed by atoms with E-state index in [-0.39, 0.29) is 41.8 Å². The molecule has 0 radical (unpaired) electrons. The first kappa shape index (κ1) is 18.7. The number of carbonyl (C=O) groups is 3. The van der Waals surface area contributed by atoms with Crippen LogP contribution < -0.4 is 0 Å². The maximum Gasteiger partial charge on any atom is 0.306 e. The van der Waals surface area contributed by atoms with Crippen molar-refractivity contribution in [1.29, 1.82) is 0 Å². The summed E-state index contributed by atoms with van der Waals surface area (Å²) in [5.41, 5.74) is 0. The van der Waals surface area contributed by atoms with Gasteiger partial charge >= 0.3 is 11.9 Å². The minimum absolute atomic E-state index is 0.00968. The number of fused-ring (bicyclic) bond motifs is 1. The van der Waals surface area contributed by atoms with Crippen LogP contribution in [0.2, 0.25) is 0 Å². The van der Waals surface area contributed by atoms with E-state index in [1.807, 2.05) is 6.08 Å². The molecule has 5 nitrogen and oxygen atoms in total. The fraction of sp³-hybridized carbons (Fsp3) is 0.737. The third kappa shape index (κ3) is 5.18. The smallest absolute Gasteiger partial charge is 0.306 e. The molecular formula is C19H28O5. The summed E-state index contributed by atoms with van der Waals surface area (Å²) in [4.78, 5) is 34.8. The minimum atomic E-state index is -0.341. The summed E-state index contributed by atoms with van der Waals surface area (Å²) in [6.45, 7) is 3.54. The van der Waals surface area contributed by atoms with Crippen molar-refractivity contribution in [3.8, 4) is 0 Å². The van der Waals surface area contributed by atoms with Gasteiger partial charge in [0.1, 0.15) is 12.2 Å². The van der Waals surface area contributed by atoms with Crippen LogP contribution in [0.15, 0.2) is 12.2 Å². The molecule has 1 aliphatic heterocycles. The van der Waals surface area contributed by atoms with Gasteiger partial charge in [0.05, 0.1) is 6.42 Å². The molecule has 0 aromatic heterocycles. The predicted octanol–water partition coefficient (Wildman–Crippen LogP) is 3.36. The molecule has 0 aromatic rings. The van der Waals surface area contributed by atoms with Crippen molar-refractivity contribution in [2.24, 2.45) is 11.8 Å². The molecule has 1 saturated heterocycles. The lowest BCUT2D eigenvalue weighted by molar-refractivity contribution is -0.149. The number of unbranched alkanes of at least 4 members (excludes halogenated alkanes) is 4. The van der Waals surface area contributed by atoms with E-state index < -0.39 is 0 Å². The summed E-state index contributed by atoms with van der Waals surface area (Å²) in [5, 5.41) is 0. The van der Waals surface area contributed by atoms with Gasteiger partial charge in [-0.2, -0.15) is 0 Å². The molecule has 0 bridgehead atoms. The van der Waals surface area contributed by atoms with Gasteiger partial charge in [-0.3, -0.25) is 14.4 Å². The van der Waals surface area contributed by atoms with Gasteiger partial charge in [-0.15, -0.1) is 0 Å². The molecule has 1 aliphatic carbocycles. The van der Waals surface area contributed by atoms with Gasteiger partial charge in [0.15, 0.2) is 5.78 Å². The maximum absolute atomic E-state index is 12.0. The van der Waals surface area contributed by atoms with Crippen molar-refractivity contribution >= 4 is 17.7 Å². The van der Waals surface area contributed by atoms with Crippen molar-refractivity contribution in [3.63, 3.8) is 0 Å². The van der Waals surface area contributed by atoms with Crippen molar-refractivity contribution in [1.82, 2.24) is 0 Å². The highest BCUT2D eigenvalue weighted by molar-refractivity contribution is 5.89. The first-order valence-electron chi connectivity index (χ1n) is 9.09. The SMILES string of the molecule is CCCCCCCC(=O)/C=C/C1C(OC(C)=O)CC2OC(=O)CC21. The molecule has 4 unspecified atom stereocenters. The first-order chi connectivity index (χ1) is 11.5. The highest BCUT2D eigenvalue weighted by Gasteiger charge is 2.50. The summed E-state index contributed by atoms with van der Waals surface area (Å²) in [7, 11) is 0. The van der Waals surface area contributed by atoms with Gasteiger partial charge in [-0.1, -0.05) is 38.7 Å². The molecule has 0 spiro atoms. The second-order valence-electron chi connectivity index (χ2n) is 6.85. The van der Waals surface area contributed by atoms with Crippen LogP contribution in [-0.4, -0.2) is 29.9 Å². The van der Waals surface area contributed by atoms with Crippen LogP contribution in [0.1, 0.15) is 65.2 Å². The van der Waals surface area contributed by atoms with E-state index in [9.17, 15) is 14.4 Å². The molecule has 1 saturated carbocycles. The van der Waals surface area contributed by atoms with E-state index >= 15 is 0 Å². The molecule has 0 aromatic carbocycles. The standard InChI is InChI=1S/C19H28O5/c1-3-4-5-6-7-8-14(21)9-10-15-16-11-19(22)24-18(16)12-17(15)23-13(2)20/h9-10,15-18H,3-8,11-12H2,1-2H3/b10-9+. The molecule has 4 atom stereocenters. The van der Waals surface area contributed by atoms with Crippen molar-refractivity contribution < 1.29 is 23.9 Å². The fourth-order valence-electron chi connectivity index (χ4n) is 3.71. The average Bonchev–Trinajstić information content (AvgIpc) is 3.00. The minimum Gasteiger partial charge on any atom is -0.462 e. The lowest BCUT2D eigenvalue weighted by Gasteiger charge is -2.19. The van der Waals surface area contributed by atoms with Gasteiger partial charge in [0, 0.05) is 31.6 Å². The van der Waals surface area contributed by atoms with E-state index in [0.717, 1.165) is 12.8 Å². The molecule has 24 heavy (non-hydrogen) atoms. The van der Waals surface area contributed by atoms with E-state index in [1.165, 1.54) is 26.2 Å². The highest BCUT2D eigenvalue weighted by Crippen LogP contribution is 2.43. The van der Waals surface area contributed by atoms with Crippen LogP contribution in [0.5, 0.6) is 0 Å². The molecule has 2 aliphatic rings. The fourth-order valence-corrected chi connectivity index (χ4v) is 3.71. The Morgan fingerprint density at radius 3 is 2.71 bits per heavy atom. The van der Waals surface area contributed by atoms with Gasteiger partial charge in [0.2, 0.25) is 0 Å². The van der Waals surface area contributed by atoms with Crippen LogP contribution in [-0.2, 0) is 23.9 Å². The molecular weight excluding hydrogens is 308 g/mol. The Morgan fingerprint density at radius 2 is 2.00 bits per heavy atom. The molecule has 1 heterocycles. The monoisotopic (exact) mass is 336 g/mol. The summed E-state index contributed by atoms with van der Waals surface area (Å²) >= 11 is 0. The Bertz CT molecular complexity index is 496. The zero-order chi connectivity index (χ0) is 17.5. The molecule has 2 fully saturated rings. The number of hydrogen-bond donors (Lipinski definition) is 0. The second kappa shape index (κ2) is 9.00. The van der Waals surface area contributed by atoms with Crippen molar-refractivity contribution in [2.45, 2.75) is 77.4 Å². The largest absolute Gasteiger partial charge is 0.462 e. The average molecular weight is 336 g/mol. The Balaban J connectivity index is 1.87. The summed E-state index contributed by atoms with van der Waals surface area (Å²) < 4.78 is 10.6. The summed E-state index contributed by atoms with van der Waals surface area (Å²) in [6.07, 6.45) is 9.92. The maximum atomic E-state index is 12.0. The van der Waals surface area contributed by atoms with E-state index in [1.54, 1.807) is 6.08 Å². The number of esters is 2. The molecule has 5 heteroatoms. The van der Waals surface area contributed by atoms with E-state index in [0.29, 0.717) is 19.3 Å². The van der Waals surface area contributed by atoms with Crippen molar-refractivity contribution in [2.75, 3.05) is 0 Å². The van der Waals surface area contributed by atoms with Crippen molar-refractivity contribution in [3.05, 3.63) is 12.2 Å². The number of carbonyl (C=O) groups excluding carboxylic acids is 3. The van der Waals surface area contributed by atoms with Gasteiger partial charge in [-0.05, 0) is 12.5 Å². The molecule has 2 rings (SSSR count). The van der Waals surface area contributed by atoms with Crippen LogP contribution in [0.25, 0.3) is 0 Å².